The van der Waals surface area contributed by atoms with Gasteiger partial charge in [0.1, 0.15) is 0 Å². The molecule has 3 aromatic rings. The van der Waals surface area contributed by atoms with E-state index in [2.05, 4.69) is 44.5 Å². The van der Waals surface area contributed by atoms with Gasteiger partial charge < -0.3 is 19.9 Å². The summed E-state index contributed by atoms with van der Waals surface area (Å²) in [5, 5.41) is 4.59. The Hall–Kier alpha value is -2.60. The first kappa shape index (κ1) is 16.6. The zero-order valence-electron chi connectivity index (χ0n) is 15.4. The predicted octanol–water partition coefficient (Wildman–Crippen LogP) is 3.67. The van der Waals surface area contributed by atoms with Crippen LogP contribution in [0.25, 0.3) is 22.2 Å². The highest BCUT2D eigenvalue weighted by molar-refractivity contribution is 5.84. The Morgan fingerprint density at radius 2 is 2.11 bits per heavy atom. The van der Waals surface area contributed by atoms with Gasteiger partial charge in [0.05, 0.1) is 11.9 Å². The third-order valence-corrected chi connectivity index (χ3v) is 5.72. The minimum Gasteiger partial charge on any atom is -0.381 e. The Kier molecular flexibility index (Phi) is 4.41. The van der Waals surface area contributed by atoms with Crippen molar-refractivity contribution < 1.29 is 4.74 Å². The number of fused-ring (bicyclic) bond motifs is 2. The fourth-order valence-corrected chi connectivity index (χ4v) is 4.08. The van der Waals surface area contributed by atoms with Crippen molar-refractivity contribution in [3.63, 3.8) is 0 Å². The van der Waals surface area contributed by atoms with Crippen LogP contribution in [0.5, 0.6) is 0 Å². The summed E-state index contributed by atoms with van der Waals surface area (Å²) in [6.07, 6.45) is 7.41. The minimum atomic E-state index is 0.768. The van der Waals surface area contributed by atoms with Gasteiger partial charge in [-0.3, -0.25) is 0 Å². The first-order valence-electron chi connectivity index (χ1n) is 9.88. The number of hydrogen-bond donors (Lipinski definition) is 2. The van der Waals surface area contributed by atoms with Crippen molar-refractivity contribution in [2.24, 2.45) is 5.92 Å². The molecule has 1 aromatic carbocycles. The maximum atomic E-state index is 5.49. The van der Waals surface area contributed by atoms with Crippen LogP contribution in [0.2, 0.25) is 0 Å². The van der Waals surface area contributed by atoms with E-state index < -0.39 is 0 Å². The monoisotopic (exact) mass is 363 g/mol. The number of H-pyrrole nitrogens is 1. The second-order valence-corrected chi connectivity index (χ2v) is 7.47. The molecular formula is C21H25N5O. The highest BCUT2D eigenvalue weighted by Gasteiger charge is 2.22. The van der Waals surface area contributed by atoms with Gasteiger partial charge in [-0.1, -0.05) is 6.07 Å². The van der Waals surface area contributed by atoms with Gasteiger partial charge in [-0.25, -0.2) is 9.97 Å². The lowest BCUT2D eigenvalue weighted by Crippen LogP contribution is -2.37. The molecule has 2 aliphatic rings. The number of benzene rings is 1. The number of aromatic nitrogens is 3. The number of ether oxygens (including phenoxy) is 1. The average Bonchev–Trinajstić information content (AvgIpc) is 3.20. The van der Waals surface area contributed by atoms with Gasteiger partial charge in [0.25, 0.3) is 0 Å². The molecule has 0 spiro atoms. The van der Waals surface area contributed by atoms with Gasteiger partial charge in [-0.15, -0.1) is 0 Å². The Bertz CT molecular complexity index is 931. The number of hydrogen-bond acceptors (Lipinski definition) is 5. The lowest BCUT2D eigenvalue weighted by Gasteiger charge is -2.32. The van der Waals surface area contributed by atoms with Crippen LogP contribution in [-0.2, 0) is 4.74 Å². The lowest BCUT2D eigenvalue weighted by atomic mass is 9.96. The summed E-state index contributed by atoms with van der Waals surface area (Å²) in [5.74, 6) is 2.66. The average molecular weight is 363 g/mol. The molecule has 27 heavy (non-hydrogen) atoms. The molecule has 0 atom stereocenters. The topological polar surface area (TPSA) is 66.1 Å². The van der Waals surface area contributed by atoms with E-state index in [-0.39, 0.29) is 0 Å². The molecular weight excluding hydrogens is 338 g/mol. The molecule has 0 radical (unpaired) electrons. The second kappa shape index (κ2) is 7.19. The van der Waals surface area contributed by atoms with Crippen molar-refractivity contribution >= 4 is 22.5 Å². The summed E-state index contributed by atoms with van der Waals surface area (Å²) in [4.78, 5) is 15.3. The molecule has 6 heteroatoms. The summed E-state index contributed by atoms with van der Waals surface area (Å²) in [6.45, 7) is 4.76. The van der Waals surface area contributed by atoms with Crippen LogP contribution in [0.15, 0.2) is 36.7 Å². The number of aromatic amines is 1. The standard InChI is InChI=1S/C21H25N5O/c1-2-18-17(3-7-22-18)13-16(1)19-14-24-20-21(25-19)26(10-8-23-20)9-4-15-5-11-27-12-6-15/h1-3,7,13-15,22H,4-6,8-12H2,(H,23,24). The summed E-state index contributed by atoms with van der Waals surface area (Å²) >= 11 is 0. The summed E-state index contributed by atoms with van der Waals surface area (Å²) in [5.41, 5.74) is 3.17. The van der Waals surface area contributed by atoms with E-state index in [4.69, 9.17) is 9.72 Å². The van der Waals surface area contributed by atoms with Crippen molar-refractivity contribution in [2.75, 3.05) is 43.1 Å². The van der Waals surface area contributed by atoms with Crippen molar-refractivity contribution in [1.82, 2.24) is 15.0 Å². The predicted molar refractivity (Wildman–Crippen MR) is 108 cm³/mol. The third-order valence-electron chi connectivity index (χ3n) is 5.72. The zero-order valence-corrected chi connectivity index (χ0v) is 15.4. The van der Waals surface area contributed by atoms with E-state index in [0.29, 0.717) is 0 Å². The van der Waals surface area contributed by atoms with Gasteiger partial charge in [0.15, 0.2) is 11.6 Å². The Morgan fingerprint density at radius 3 is 3.04 bits per heavy atom. The SMILES string of the molecule is c1cc2cc(-c3cnc4c(n3)N(CCC3CCOCC3)CCN4)ccc2[nH]1. The van der Waals surface area contributed by atoms with Gasteiger partial charge in [0, 0.05) is 55.5 Å². The van der Waals surface area contributed by atoms with Crippen LogP contribution in [0.1, 0.15) is 19.3 Å². The summed E-state index contributed by atoms with van der Waals surface area (Å²) in [7, 11) is 0. The van der Waals surface area contributed by atoms with Crippen LogP contribution < -0.4 is 10.2 Å². The third kappa shape index (κ3) is 3.37. The molecule has 0 saturated carbocycles. The van der Waals surface area contributed by atoms with Crippen LogP contribution in [0, 0.1) is 5.92 Å². The molecule has 1 fully saturated rings. The molecule has 4 heterocycles. The Labute approximate surface area is 159 Å². The zero-order chi connectivity index (χ0) is 18.1. The van der Waals surface area contributed by atoms with Crippen LogP contribution >= 0.6 is 0 Å². The first-order valence-corrected chi connectivity index (χ1v) is 9.88. The van der Waals surface area contributed by atoms with Crippen molar-refractivity contribution in [2.45, 2.75) is 19.3 Å². The molecule has 2 N–H and O–H groups in total. The quantitative estimate of drug-likeness (QED) is 0.740. The fourth-order valence-electron chi connectivity index (χ4n) is 4.08. The van der Waals surface area contributed by atoms with Crippen molar-refractivity contribution in [3.8, 4) is 11.3 Å². The smallest absolute Gasteiger partial charge is 0.172 e. The van der Waals surface area contributed by atoms with E-state index in [1.54, 1.807) is 0 Å². The molecule has 0 aliphatic carbocycles. The lowest BCUT2D eigenvalue weighted by molar-refractivity contribution is 0.0645. The number of nitrogens with one attached hydrogen (secondary N) is 2. The highest BCUT2D eigenvalue weighted by atomic mass is 16.5. The van der Waals surface area contributed by atoms with E-state index in [1.165, 1.54) is 24.6 Å². The molecule has 5 rings (SSSR count). The Morgan fingerprint density at radius 1 is 1.19 bits per heavy atom. The van der Waals surface area contributed by atoms with Crippen LogP contribution in [0.3, 0.4) is 0 Å². The first-order chi connectivity index (χ1) is 13.4. The molecule has 2 aromatic heterocycles. The summed E-state index contributed by atoms with van der Waals surface area (Å²) in [6, 6.07) is 8.47. The largest absolute Gasteiger partial charge is 0.381 e. The molecule has 1 saturated heterocycles. The highest BCUT2D eigenvalue weighted by Crippen LogP contribution is 2.30. The van der Waals surface area contributed by atoms with E-state index in [9.17, 15) is 0 Å². The number of rotatable bonds is 4. The van der Waals surface area contributed by atoms with Crippen molar-refractivity contribution in [3.05, 3.63) is 36.7 Å². The van der Waals surface area contributed by atoms with Crippen LogP contribution in [-0.4, -0.2) is 47.8 Å². The van der Waals surface area contributed by atoms with E-state index in [0.717, 1.165) is 67.2 Å². The number of nitrogens with zero attached hydrogens (tertiary/aromatic N) is 3. The fraction of sp³-hybridized carbons (Fsp3) is 0.429. The molecule has 0 bridgehead atoms. The van der Waals surface area contributed by atoms with Crippen molar-refractivity contribution in [1.29, 1.82) is 0 Å². The van der Waals surface area contributed by atoms with Gasteiger partial charge in [-0.2, -0.15) is 0 Å². The molecule has 6 nitrogen and oxygen atoms in total. The number of anilines is 2. The molecule has 0 amide bonds. The van der Waals surface area contributed by atoms with E-state index in [1.807, 2.05) is 12.4 Å². The molecule has 0 unspecified atom stereocenters. The Balaban J connectivity index is 1.39. The molecule has 2 aliphatic heterocycles. The van der Waals surface area contributed by atoms with E-state index >= 15 is 0 Å². The van der Waals surface area contributed by atoms with Gasteiger partial charge in [-0.05, 0) is 43.4 Å². The van der Waals surface area contributed by atoms with Gasteiger partial charge >= 0.3 is 0 Å². The second-order valence-electron chi connectivity index (χ2n) is 7.47. The minimum absolute atomic E-state index is 0.768. The maximum absolute atomic E-state index is 5.49. The summed E-state index contributed by atoms with van der Waals surface area (Å²) < 4.78 is 5.49. The maximum Gasteiger partial charge on any atom is 0.172 e. The van der Waals surface area contributed by atoms with Gasteiger partial charge in [0.2, 0.25) is 0 Å². The van der Waals surface area contributed by atoms with Crippen LogP contribution in [0.4, 0.5) is 11.6 Å². The normalized spacial score (nSPS) is 17.7. The molecule has 140 valence electrons.